The number of carbonyl (C=O) groups excluding carboxylic acids is 5. The second-order valence-electron chi connectivity index (χ2n) is 6.81. The fourth-order valence-corrected chi connectivity index (χ4v) is 2.34. The number of anilines is 2. The van der Waals surface area contributed by atoms with Gasteiger partial charge in [-0.05, 0) is 45.9 Å². The SMILES string of the molecule is CCOC(=O)C(=CNc1cccc(NC=C(C(=O)OCC)C(=O)OCC)c1)C(=O)OCC.O=C(O)C(=O)C(=O)O. The van der Waals surface area contributed by atoms with E-state index in [0.717, 1.165) is 0 Å². The molecule has 0 bridgehead atoms. The topological polar surface area (TPSA) is 221 Å². The predicted octanol–water partition coefficient (Wildman–Crippen LogP) is 1.26. The average molecular weight is 567 g/mol. The summed E-state index contributed by atoms with van der Waals surface area (Å²) in [5.41, 5.74) is 0.421. The van der Waals surface area contributed by atoms with Crippen LogP contribution in [-0.4, -0.2) is 78.2 Å². The molecular formula is C25H30N2O13. The first-order valence-corrected chi connectivity index (χ1v) is 11.7. The molecule has 0 aliphatic heterocycles. The number of aliphatic carboxylic acids is 2. The van der Waals surface area contributed by atoms with E-state index in [2.05, 4.69) is 10.6 Å². The van der Waals surface area contributed by atoms with Gasteiger partial charge in [-0.25, -0.2) is 28.8 Å². The van der Waals surface area contributed by atoms with Crippen molar-refractivity contribution in [3.8, 4) is 0 Å². The normalized spacial score (nSPS) is 9.30. The van der Waals surface area contributed by atoms with E-state index in [-0.39, 0.29) is 37.6 Å². The standard InChI is InChI=1S/C22H28N2O8.C3H2O5/c1-5-29-19(25)17(20(26)30-6-2)13-23-15-10-9-11-16(12-15)24-14-18(21(27)31-7-3)22(28)32-8-4;4-1(2(5)6)3(7)8/h9-14,23-24H,5-8H2,1-4H3;(H,5,6)(H,7,8). The molecule has 0 saturated heterocycles. The maximum Gasteiger partial charge on any atom is 0.384 e. The molecule has 0 aromatic heterocycles. The average Bonchev–Trinajstić information content (AvgIpc) is 2.89. The van der Waals surface area contributed by atoms with Crippen molar-refractivity contribution in [3.05, 3.63) is 47.8 Å². The fraction of sp³-hybridized carbons (Fsp3) is 0.320. The number of hydrogen-bond acceptors (Lipinski definition) is 13. The van der Waals surface area contributed by atoms with Crippen LogP contribution in [0.5, 0.6) is 0 Å². The Morgan fingerprint density at radius 3 is 1.15 bits per heavy atom. The number of ketones is 1. The third-order valence-corrected chi connectivity index (χ3v) is 4.00. The molecule has 0 saturated carbocycles. The highest BCUT2D eigenvalue weighted by Gasteiger charge is 2.22. The highest BCUT2D eigenvalue weighted by molar-refractivity contribution is 6.59. The Bertz CT molecular complexity index is 1030. The highest BCUT2D eigenvalue weighted by Crippen LogP contribution is 2.17. The van der Waals surface area contributed by atoms with E-state index in [1.54, 1.807) is 52.0 Å². The maximum absolute atomic E-state index is 12.0. The number of carboxylic acid groups (broad SMARTS) is 2. The molecule has 0 heterocycles. The summed E-state index contributed by atoms with van der Waals surface area (Å²) in [6.07, 6.45) is 2.38. The number of carboxylic acids is 2. The van der Waals surface area contributed by atoms with E-state index in [0.29, 0.717) is 11.4 Å². The Kier molecular flexibility index (Phi) is 16.5. The molecule has 0 spiro atoms. The van der Waals surface area contributed by atoms with Crippen molar-refractivity contribution in [2.45, 2.75) is 27.7 Å². The molecule has 0 unspecified atom stereocenters. The number of benzene rings is 1. The van der Waals surface area contributed by atoms with Crippen molar-refractivity contribution < 1.29 is 62.7 Å². The van der Waals surface area contributed by atoms with Crippen molar-refractivity contribution in [2.75, 3.05) is 37.1 Å². The van der Waals surface area contributed by atoms with Crippen LogP contribution in [0.4, 0.5) is 11.4 Å². The van der Waals surface area contributed by atoms with Crippen LogP contribution in [0.3, 0.4) is 0 Å². The molecule has 0 amide bonds. The maximum atomic E-state index is 12.0. The Morgan fingerprint density at radius 2 is 0.925 bits per heavy atom. The van der Waals surface area contributed by atoms with Gasteiger partial charge in [0.05, 0.1) is 26.4 Å². The lowest BCUT2D eigenvalue weighted by molar-refractivity contribution is -0.159. The smallest absolute Gasteiger partial charge is 0.384 e. The summed E-state index contributed by atoms with van der Waals surface area (Å²) in [7, 11) is 0. The highest BCUT2D eigenvalue weighted by atomic mass is 16.6. The van der Waals surface area contributed by atoms with Gasteiger partial charge in [-0.3, -0.25) is 4.79 Å². The molecule has 0 aliphatic rings. The Balaban J connectivity index is 0.00000165. The van der Waals surface area contributed by atoms with Gasteiger partial charge in [0.1, 0.15) is 0 Å². The van der Waals surface area contributed by atoms with Crippen molar-refractivity contribution >= 4 is 53.0 Å². The Morgan fingerprint density at radius 1 is 0.625 bits per heavy atom. The summed E-state index contributed by atoms with van der Waals surface area (Å²) < 4.78 is 19.5. The van der Waals surface area contributed by atoms with Crippen LogP contribution in [-0.2, 0) is 52.5 Å². The zero-order valence-electron chi connectivity index (χ0n) is 22.2. The van der Waals surface area contributed by atoms with Crippen LogP contribution in [0.2, 0.25) is 0 Å². The molecule has 40 heavy (non-hydrogen) atoms. The molecular weight excluding hydrogens is 536 g/mol. The van der Waals surface area contributed by atoms with Gasteiger partial charge >= 0.3 is 41.6 Å². The largest absolute Gasteiger partial charge is 0.475 e. The van der Waals surface area contributed by atoms with Gasteiger partial charge < -0.3 is 39.8 Å². The van der Waals surface area contributed by atoms with Gasteiger partial charge in [-0.2, -0.15) is 0 Å². The number of esters is 4. The number of Topliss-reactive ketones (excluding diaryl/α,β-unsaturated/α-hetero) is 1. The molecule has 218 valence electrons. The number of carbonyl (C=O) groups is 7. The van der Waals surface area contributed by atoms with Crippen LogP contribution < -0.4 is 10.6 Å². The van der Waals surface area contributed by atoms with Crippen LogP contribution in [0.15, 0.2) is 47.8 Å². The van der Waals surface area contributed by atoms with Crippen molar-refractivity contribution in [1.82, 2.24) is 0 Å². The van der Waals surface area contributed by atoms with E-state index in [9.17, 15) is 33.6 Å². The van der Waals surface area contributed by atoms with Crippen LogP contribution in [0.25, 0.3) is 0 Å². The first-order valence-electron chi connectivity index (χ1n) is 11.7. The van der Waals surface area contributed by atoms with Gasteiger partial charge in [-0.15, -0.1) is 0 Å². The third-order valence-electron chi connectivity index (χ3n) is 4.00. The molecule has 15 heteroatoms. The molecule has 0 fully saturated rings. The second-order valence-corrected chi connectivity index (χ2v) is 6.81. The summed E-state index contributed by atoms with van der Waals surface area (Å²) in [6.45, 7) is 6.90. The Labute approximate surface area is 228 Å². The first-order chi connectivity index (χ1) is 18.9. The summed E-state index contributed by atoms with van der Waals surface area (Å²) in [6, 6.07) is 6.65. The minimum Gasteiger partial charge on any atom is -0.475 e. The summed E-state index contributed by atoms with van der Waals surface area (Å²) in [4.78, 5) is 76.5. The summed E-state index contributed by atoms with van der Waals surface area (Å²) in [5.74, 6) is -8.97. The van der Waals surface area contributed by atoms with Crippen molar-refractivity contribution in [2.24, 2.45) is 0 Å². The third kappa shape index (κ3) is 12.8. The van der Waals surface area contributed by atoms with Crippen molar-refractivity contribution in [1.29, 1.82) is 0 Å². The lowest BCUT2D eigenvalue weighted by Crippen LogP contribution is -2.22. The zero-order valence-corrected chi connectivity index (χ0v) is 22.2. The van der Waals surface area contributed by atoms with E-state index in [4.69, 9.17) is 29.2 Å². The molecule has 4 N–H and O–H groups in total. The first kappa shape index (κ1) is 34.8. The summed E-state index contributed by atoms with van der Waals surface area (Å²) in [5, 5.41) is 20.9. The number of hydrogen-bond donors (Lipinski definition) is 4. The van der Waals surface area contributed by atoms with Gasteiger partial charge in [-0.1, -0.05) is 6.07 Å². The van der Waals surface area contributed by atoms with Gasteiger partial charge in [0, 0.05) is 23.8 Å². The molecule has 1 aromatic carbocycles. The molecule has 1 aromatic rings. The Hall–Kier alpha value is -5.21. The second kappa shape index (κ2) is 18.9. The number of rotatable bonds is 14. The molecule has 0 aliphatic carbocycles. The number of nitrogens with one attached hydrogen (secondary N) is 2. The van der Waals surface area contributed by atoms with Gasteiger partial charge in [0.25, 0.3) is 0 Å². The fourth-order valence-electron chi connectivity index (χ4n) is 2.34. The predicted molar refractivity (Wildman–Crippen MR) is 137 cm³/mol. The quantitative estimate of drug-likeness (QED) is 0.0621. The van der Waals surface area contributed by atoms with Gasteiger partial charge in [0.15, 0.2) is 11.1 Å². The summed E-state index contributed by atoms with van der Waals surface area (Å²) >= 11 is 0. The molecule has 0 radical (unpaired) electrons. The van der Waals surface area contributed by atoms with Gasteiger partial charge in [0.2, 0.25) is 0 Å². The van der Waals surface area contributed by atoms with E-state index in [1.165, 1.54) is 12.4 Å². The monoisotopic (exact) mass is 566 g/mol. The minimum absolute atomic E-state index is 0.102. The molecule has 1 rings (SSSR count). The minimum atomic E-state index is -1.95. The number of ether oxygens (including phenoxy) is 4. The van der Waals surface area contributed by atoms with E-state index in [1.807, 2.05) is 0 Å². The van der Waals surface area contributed by atoms with E-state index < -0.39 is 41.6 Å². The molecule has 15 nitrogen and oxygen atoms in total. The lowest BCUT2D eigenvalue weighted by Gasteiger charge is -2.10. The van der Waals surface area contributed by atoms with Crippen molar-refractivity contribution in [3.63, 3.8) is 0 Å². The zero-order chi connectivity index (χ0) is 30.7. The van der Waals surface area contributed by atoms with Crippen LogP contribution >= 0.6 is 0 Å². The molecule has 0 atom stereocenters. The lowest BCUT2D eigenvalue weighted by atomic mass is 10.2. The van der Waals surface area contributed by atoms with E-state index >= 15 is 0 Å². The van der Waals surface area contributed by atoms with Crippen LogP contribution in [0, 0.1) is 0 Å². The van der Waals surface area contributed by atoms with Crippen LogP contribution in [0.1, 0.15) is 27.7 Å².